The molecule has 1 saturated heterocycles. The molecule has 1 aliphatic heterocycles. The first-order valence-corrected chi connectivity index (χ1v) is 9.15. The third-order valence-corrected chi connectivity index (χ3v) is 4.56. The number of rotatable bonds is 5. The topological polar surface area (TPSA) is 60.3 Å². The summed E-state index contributed by atoms with van der Waals surface area (Å²) in [6.45, 7) is 3.83. The molecule has 0 amide bonds. The summed E-state index contributed by atoms with van der Waals surface area (Å²) in [5.74, 6) is -0.497. The molecular weight excluding hydrogens is 493 g/mol. The maximum absolute atomic E-state index is 13.2. The fourth-order valence-electron chi connectivity index (χ4n) is 3.12. The van der Waals surface area contributed by atoms with Gasteiger partial charge in [0.05, 0.1) is 12.2 Å². The minimum Gasteiger partial charge on any atom is -0.506 e. The highest BCUT2D eigenvalue weighted by molar-refractivity contribution is 14.0. The molecule has 158 valence electrons. The van der Waals surface area contributed by atoms with Crippen LogP contribution in [0.4, 0.5) is 14.5 Å². The third kappa shape index (κ3) is 6.09. The van der Waals surface area contributed by atoms with Gasteiger partial charge in [-0.3, -0.25) is 4.99 Å². The van der Waals surface area contributed by atoms with Crippen LogP contribution < -0.4 is 15.0 Å². The van der Waals surface area contributed by atoms with Gasteiger partial charge >= 0.3 is 0 Å². The maximum Gasteiger partial charge on any atom is 0.193 e. The number of piperazine rings is 1. The number of hydrogen-bond donors (Lipinski definition) is 2. The molecule has 2 aromatic rings. The van der Waals surface area contributed by atoms with E-state index in [4.69, 9.17) is 4.74 Å². The molecule has 2 aromatic carbocycles. The molecule has 0 spiro atoms. The van der Waals surface area contributed by atoms with Crippen molar-refractivity contribution in [1.29, 1.82) is 0 Å². The Bertz CT molecular complexity index is 830. The predicted molar refractivity (Wildman–Crippen MR) is 121 cm³/mol. The van der Waals surface area contributed by atoms with Crippen LogP contribution in [-0.2, 0) is 0 Å². The zero-order chi connectivity index (χ0) is 19.9. The van der Waals surface area contributed by atoms with Gasteiger partial charge in [0, 0.05) is 39.3 Å². The number of phenols is 1. The van der Waals surface area contributed by atoms with E-state index in [9.17, 15) is 13.9 Å². The van der Waals surface area contributed by atoms with Gasteiger partial charge in [-0.15, -0.1) is 24.0 Å². The summed E-state index contributed by atoms with van der Waals surface area (Å²) in [5, 5.41) is 13.2. The maximum atomic E-state index is 13.2. The summed E-state index contributed by atoms with van der Waals surface area (Å²) < 4.78 is 31.5. The summed E-state index contributed by atoms with van der Waals surface area (Å²) >= 11 is 0. The average Bonchev–Trinajstić information content (AvgIpc) is 2.71. The Balaban J connectivity index is 0.00000300. The summed E-state index contributed by atoms with van der Waals surface area (Å²) in [6, 6.07) is 10.8. The molecule has 29 heavy (non-hydrogen) atoms. The molecule has 0 radical (unpaired) electrons. The molecule has 0 aromatic heterocycles. The number of hydrogen-bond acceptors (Lipinski definition) is 4. The minimum atomic E-state index is -0.927. The quantitative estimate of drug-likeness (QED) is 0.276. The molecule has 2 N–H and O–H groups in total. The van der Waals surface area contributed by atoms with Crippen molar-refractivity contribution in [1.82, 2.24) is 10.2 Å². The van der Waals surface area contributed by atoms with Crippen LogP contribution >= 0.6 is 24.0 Å². The number of benzene rings is 2. The number of ether oxygens (including phenoxy) is 1. The lowest BCUT2D eigenvalue weighted by molar-refractivity contribution is 0.312. The number of aromatic hydroxyl groups is 1. The zero-order valence-corrected chi connectivity index (χ0v) is 18.5. The van der Waals surface area contributed by atoms with Crippen LogP contribution in [0.15, 0.2) is 47.5 Å². The van der Waals surface area contributed by atoms with Crippen LogP contribution in [0.1, 0.15) is 0 Å². The van der Waals surface area contributed by atoms with Crippen molar-refractivity contribution in [3.05, 3.63) is 54.1 Å². The van der Waals surface area contributed by atoms with Gasteiger partial charge in [0.25, 0.3) is 0 Å². The van der Waals surface area contributed by atoms with Crippen molar-refractivity contribution >= 4 is 35.6 Å². The van der Waals surface area contributed by atoms with Gasteiger partial charge in [0.2, 0.25) is 0 Å². The molecule has 0 unspecified atom stereocenters. The zero-order valence-electron chi connectivity index (χ0n) is 16.1. The SMILES string of the molecule is CN=C(NCCOc1ccc(F)c(F)c1)N1CCN(c2ccccc2O)CC1.I. The molecule has 1 fully saturated rings. The van der Waals surface area contributed by atoms with E-state index in [1.165, 1.54) is 6.07 Å². The average molecular weight is 518 g/mol. The van der Waals surface area contributed by atoms with E-state index in [2.05, 4.69) is 20.1 Å². The molecular formula is C20H25F2IN4O2. The van der Waals surface area contributed by atoms with Crippen LogP contribution in [0, 0.1) is 11.6 Å². The standard InChI is InChI=1S/C20H24F2N4O2.HI/c1-23-20(24-8-13-28-15-6-7-16(21)17(22)14-15)26-11-9-25(10-12-26)18-4-2-3-5-19(18)27;/h2-7,14,27H,8-13H2,1H3,(H,23,24);1H. The smallest absolute Gasteiger partial charge is 0.193 e. The fraction of sp³-hybridized carbons (Fsp3) is 0.350. The van der Waals surface area contributed by atoms with E-state index in [0.717, 1.165) is 50.0 Å². The molecule has 0 aliphatic carbocycles. The molecule has 0 bridgehead atoms. The van der Waals surface area contributed by atoms with Crippen LogP contribution in [-0.4, -0.2) is 62.3 Å². The summed E-state index contributed by atoms with van der Waals surface area (Å²) in [7, 11) is 1.72. The summed E-state index contributed by atoms with van der Waals surface area (Å²) in [4.78, 5) is 8.57. The van der Waals surface area contributed by atoms with Gasteiger partial charge in [-0.05, 0) is 24.3 Å². The normalized spacial score (nSPS) is 14.4. The molecule has 3 rings (SSSR count). The fourth-order valence-corrected chi connectivity index (χ4v) is 3.12. The van der Waals surface area contributed by atoms with Crippen molar-refractivity contribution in [2.45, 2.75) is 0 Å². The first kappa shape index (κ1) is 23.0. The second kappa shape index (κ2) is 11.0. The number of nitrogens with zero attached hydrogens (tertiary/aromatic N) is 3. The first-order valence-electron chi connectivity index (χ1n) is 9.15. The molecule has 0 saturated carbocycles. The van der Waals surface area contributed by atoms with E-state index in [1.54, 1.807) is 13.1 Å². The highest BCUT2D eigenvalue weighted by Gasteiger charge is 2.21. The second-order valence-electron chi connectivity index (χ2n) is 6.36. The summed E-state index contributed by atoms with van der Waals surface area (Å²) in [5.41, 5.74) is 0.838. The highest BCUT2D eigenvalue weighted by atomic mass is 127. The van der Waals surface area contributed by atoms with Crippen molar-refractivity contribution < 1.29 is 18.6 Å². The van der Waals surface area contributed by atoms with Gasteiger partial charge in [0.1, 0.15) is 18.1 Å². The molecule has 6 nitrogen and oxygen atoms in total. The number of phenolic OH excluding ortho intramolecular Hbond substituents is 1. The van der Waals surface area contributed by atoms with E-state index >= 15 is 0 Å². The number of guanidine groups is 1. The minimum absolute atomic E-state index is 0. The van der Waals surface area contributed by atoms with Crippen molar-refractivity contribution in [2.24, 2.45) is 4.99 Å². The predicted octanol–water partition coefficient (Wildman–Crippen LogP) is 3.06. The lowest BCUT2D eigenvalue weighted by atomic mass is 10.2. The van der Waals surface area contributed by atoms with Gasteiger partial charge in [0.15, 0.2) is 17.6 Å². The van der Waals surface area contributed by atoms with Crippen LogP contribution in [0.3, 0.4) is 0 Å². The lowest BCUT2D eigenvalue weighted by Gasteiger charge is -2.37. The second-order valence-corrected chi connectivity index (χ2v) is 6.36. The van der Waals surface area contributed by atoms with Gasteiger partial charge in [-0.1, -0.05) is 12.1 Å². The van der Waals surface area contributed by atoms with Crippen molar-refractivity contribution in [3.63, 3.8) is 0 Å². The van der Waals surface area contributed by atoms with Gasteiger partial charge in [-0.25, -0.2) is 8.78 Å². The van der Waals surface area contributed by atoms with E-state index < -0.39 is 11.6 Å². The first-order chi connectivity index (χ1) is 13.6. The van der Waals surface area contributed by atoms with Crippen molar-refractivity contribution in [2.75, 3.05) is 51.3 Å². The number of aliphatic imine (C=N–C) groups is 1. The largest absolute Gasteiger partial charge is 0.506 e. The Kier molecular flexibility index (Phi) is 8.74. The lowest BCUT2D eigenvalue weighted by Crippen LogP contribution is -2.53. The van der Waals surface area contributed by atoms with Crippen molar-refractivity contribution in [3.8, 4) is 11.5 Å². The van der Waals surface area contributed by atoms with E-state index in [1.807, 2.05) is 18.2 Å². The number of anilines is 1. The third-order valence-electron chi connectivity index (χ3n) is 4.56. The molecule has 1 heterocycles. The van der Waals surface area contributed by atoms with Crippen LogP contribution in [0.2, 0.25) is 0 Å². The Morgan fingerprint density at radius 1 is 1.10 bits per heavy atom. The monoisotopic (exact) mass is 518 g/mol. The Morgan fingerprint density at radius 3 is 2.48 bits per heavy atom. The number of para-hydroxylation sites is 2. The van der Waals surface area contributed by atoms with E-state index in [0.29, 0.717) is 13.2 Å². The Hall–Kier alpha value is -2.30. The van der Waals surface area contributed by atoms with Crippen LogP contribution in [0.5, 0.6) is 11.5 Å². The highest BCUT2D eigenvalue weighted by Crippen LogP contribution is 2.27. The number of halogens is 3. The Morgan fingerprint density at radius 2 is 1.83 bits per heavy atom. The molecule has 0 atom stereocenters. The van der Waals surface area contributed by atoms with Crippen LogP contribution in [0.25, 0.3) is 0 Å². The van der Waals surface area contributed by atoms with E-state index in [-0.39, 0.29) is 35.5 Å². The molecule has 9 heteroatoms. The van der Waals surface area contributed by atoms with Gasteiger partial charge in [-0.2, -0.15) is 0 Å². The van der Waals surface area contributed by atoms with Gasteiger partial charge < -0.3 is 25.0 Å². The molecule has 1 aliphatic rings. The number of nitrogens with one attached hydrogen (secondary N) is 1. The summed E-state index contributed by atoms with van der Waals surface area (Å²) in [6.07, 6.45) is 0. The Labute approximate surface area is 186 Å².